The molecule has 0 aliphatic carbocycles. The summed E-state index contributed by atoms with van der Waals surface area (Å²) in [5, 5.41) is 7.45. The van der Waals surface area contributed by atoms with E-state index in [0.717, 1.165) is 18.0 Å². The monoisotopic (exact) mass is 223 g/mol. The Hall–Kier alpha value is -0.120. The van der Waals surface area contributed by atoms with Gasteiger partial charge in [0, 0.05) is 25.2 Å². The summed E-state index contributed by atoms with van der Waals surface area (Å²) in [5.41, 5.74) is 0. The topological polar surface area (TPSA) is 27.3 Å². The van der Waals surface area contributed by atoms with Crippen LogP contribution >= 0.6 is 0 Å². The zero-order valence-corrected chi connectivity index (χ0v) is 10.3. The highest BCUT2D eigenvalue weighted by Crippen LogP contribution is 2.27. The molecule has 0 aromatic rings. The van der Waals surface area contributed by atoms with Gasteiger partial charge < -0.3 is 15.5 Å². The van der Waals surface area contributed by atoms with E-state index in [2.05, 4.69) is 15.5 Å². The van der Waals surface area contributed by atoms with Crippen molar-refractivity contribution < 1.29 is 0 Å². The molecule has 0 spiro atoms. The molecule has 2 unspecified atom stereocenters. The number of nitrogens with zero attached hydrogens (tertiary/aromatic N) is 1. The van der Waals surface area contributed by atoms with Crippen LogP contribution in [0.15, 0.2) is 0 Å². The molecule has 0 amide bonds. The molecule has 2 N–H and O–H groups in total. The molecule has 0 aromatic carbocycles. The fraction of sp³-hybridized carbons (Fsp3) is 1.00. The molecule has 16 heavy (non-hydrogen) atoms. The third-order valence-corrected chi connectivity index (χ3v) is 4.69. The standard InChI is InChI=1S/C13H25N3/c1-2-6-14-12(3-1)9-15-13-10-16-7-4-11(13)5-8-16/h11-15H,1-10H2. The molecular weight excluding hydrogens is 198 g/mol. The van der Waals surface area contributed by atoms with E-state index in [1.807, 2.05) is 0 Å². The van der Waals surface area contributed by atoms with Gasteiger partial charge in [0.15, 0.2) is 0 Å². The van der Waals surface area contributed by atoms with Gasteiger partial charge in [0.2, 0.25) is 0 Å². The molecule has 92 valence electrons. The highest BCUT2D eigenvalue weighted by molar-refractivity contribution is 4.91. The second-order valence-electron chi connectivity index (χ2n) is 5.80. The second kappa shape index (κ2) is 5.03. The van der Waals surface area contributed by atoms with Crippen molar-refractivity contribution in [3.8, 4) is 0 Å². The molecule has 0 aromatic heterocycles. The molecule has 4 aliphatic heterocycles. The molecule has 4 rings (SSSR count). The highest BCUT2D eigenvalue weighted by atomic mass is 15.2. The van der Waals surface area contributed by atoms with Crippen LogP contribution in [-0.2, 0) is 0 Å². The van der Waals surface area contributed by atoms with E-state index in [0.29, 0.717) is 0 Å². The van der Waals surface area contributed by atoms with E-state index in [-0.39, 0.29) is 0 Å². The SMILES string of the molecule is C1CCC(CNC2CN3CCC2CC3)NC1. The molecule has 0 saturated carbocycles. The van der Waals surface area contributed by atoms with Gasteiger partial charge in [0.25, 0.3) is 0 Å². The fourth-order valence-corrected chi connectivity index (χ4v) is 3.59. The Bertz CT molecular complexity index is 217. The molecule has 4 fully saturated rings. The normalized spacial score (nSPS) is 43.5. The Morgan fingerprint density at radius 3 is 2.62 bits per heavy atom. The van der Waals surface area contributed by atoms with Crippen molar-refractivity contribution in [2.24, 2.45) is 5.92 Å². The van der Waals surface area contributed by atoms with E-state index in [1.165, 1.54) is 64.8 Å². The van der Waals surface area contributed by atoms with Crippen LogP contribution in [0, 0.1) is 5.92 Å². The molecule has 0 radical (unpaired) electrons. The molecule has 2 atom stereocenters. The maximum absolute atomic E-state index is 3.82. The lowest BCUT2D eigenvalue weighted by Gasteiger charge is -2.45. The lowest BCUT2D eigenvalue weighted by molar-refractivity contribution is 0.0711. The first-order valence-corrected chi connectivity index (χ1v) is 7.11. The third-order valence-electron chi connectivity index (χ3n) is 4.69. The largest absolute Gasteiger partial charge is 0.313 e. The van der Waals surface area contributed by atoms with Gasteiger partial charge in [-0.1, -0.05) is 6.42 Å². The first kappa shape index (κ1) is 11.0. The van der Waals surface area contributed by atoms with Gasteiger partial charge in [-0.25, -0.2) is 0 Å². The van der Waals surface area contributed by atoms with Gasteiger partial charge >= 0.3 is 0 Å². The number of nitrogens with one attached hydrogen (secondary N) is 2. The van der Waals surface area contributed by atoms with Gasteiger partial charge in [0.05, 0.1) is 0 Å². The number of rotatable bonds is 3. The number of fused-ring (bicyclic) bond motifs is 3. The molecular formula is C13H25N3. The summed E-state index contributed by atoms with van der Waals surface area (Å²) < 4.78 is 0. The zero-order valence-electron chi connectivity index (χ0n) is 10.3. The Balaban J connectivity index is 1.44. The van der Waals surface area contributed by atoms with E-state index in [1.54, 1.807) is 0 Å². The third kappa shape index (κ3) is 2.41. The summed E-state index contributed by atoms with van der Waals surface area (Å²) >= 11 is 0. The Kier molecular flexibility index (Phi) is 3.46. The van der Waals surface area contributed by atoms with Gasteiger partial charge in [-0.15, -0.1) is 0 Å². The summed E-state index contributed by atoms with van der Waals surface area (Å²) in [6.45, 7) is 6.42. The van der Waals surface area contributed by atoms with Gasteiger partial charge in [-0.3, -0.25) is 0 Å². The average Bonchev–Trinajstić information content (AvgIpc) is 2.39. The Morgan fingerprint density at radius 2 is 2.00 bits per heavy atom. The van der Waals surface area contributed by atoms with E-state index in [4.69, 9.17) is 0 Å². The number of hydrogen-bond acceptors (Lipinski definition) is 3. The van der Waals surface area contributed by atoms with Crippen LogP contribution in [0.3, 0.4) is 0 Å². The Labute approximate surface area is 99.0 Å². The predicted molar refractivity (Wildman–Crippen MR) is 66.6 cm³/mol. The summed E-state index contributed by atoms with van der Waals surface area (Å²) in [5.74, 6) is 0.966. The lowest BCUT2D eigenvalue weighted by atomic mass is 9.84. The van der Waals surface area contributed by atoms with Crippen molar-refractivity contribution in [2.45, 2.75) is 44.2 Å². The molecule has 3 heteroatoms. The Morgan fingerprint density at radius 1 is 1.12 bits per heavy atom. The van der Waals surface area contributed by atoms with Gasteiger partial charge in [0.1, 0.15) is 0 Å². The zero-order chi connectivity index (χ0) is 10.8. The maximum atomic E-state index is 3.82. The summed E-state index contributed by atoms with van der Waals surface area (Å²) in [7, 11) is 0. The van der Waals surface area contributed by atoms with Crippen molar-refractivity contribution >= 4 is 0 Å². The molecule has 2 bridgehead atoms. The summed E-state index contributed by atoms with van der Waals surface area (Å²) in [4.78, 5) is 2.63. The first-order valence-electron chi connectivity index (χ1n) is 7.11. The van der Waals surface area contributed by atoms with E-state index in [9.17, 15) is 0 Å². The molecule has 4 heterocycles. The summed E-state index contributed by atoms with van der Waals surface area (Å²) in [6, 6.07) is 1.52. The highest BCUT2D eigenvalue weighted by Gasteiger charge is 2.33. The van der Waals surface area contributed by atoms with Crippen LogP contribution in [0.2, 0.25) is 0 Å². The fourth-order valence-electron chi connectivity index (χ4n) is 3.59. The van der Waals surface area contributed by atoms with Crippen molar-refractivity contribution in [3.63, 3.8) is 0 Å². The van der Waals surface area contributed by atoms with Crippen molar-refractivity contribution in [1.82, 2.24) is 15.5 Å². The van der Waals surface area contributed by atoms with E-state index >= 15 is 0 Å². The quantitative estimate of drug-likeness (QED) is 0.741. The minimum absolute atomic E-state index is 0.740. The lowest BCUT2D eigenvalue weighted by Crippen LogP contribution is -2.58. The van der Waals surface area contributed by atoms with Crippen LogP contribution in [-0.4, -0.2) is 49.7 Å². The molecule has 4 saturated heterocycles. The first-order chi connectivity index (χ1) is 7.92. The van der Waals surface area contributed by atoms with Crippen LogP contribution < -0.4 is 10.6 Å². The van der Waals surface area contributed by atoms with Crippen molar-refractivity contribution in [1.29, 1.82) is 0 Å². The minimum atomic E-state index is 0.740. The van der Waals surface area contributed by atoms with Crippen molar-refractivity contribution in [3.05, 3.63) is 0 Å². The number of piperidine rings is 4. The predicted octanol–water partition coefficient (Wildman–Crippen LogP) is 0.812. The van der Waals surface area contributed by atoms with Crippen LogP contribution in [0.1, 0.15) is 32.1 Å². The van der Waals surface area contributed by atoms with E-state index < -0.39 is 0 Å². The minimum Gasteiger partial charge on any atom is -0.313 e. The second-order valence-corrected chi connectivity index (χ2v) is 5.80. The number of hydrogen-bond donors (Lipinski definition) is 2. The van der Waals surface area contributed by atoms with Crippen LogP contribution in [0.25, 0.3) is 0 Å². The molecule has 4 aliphatic rings. The van der Waals surface area contributed by atoms with Crippen LogP contribution in [0.5, 0.6) is 0 Å². The average molecular weight is 223 g/mol. The molecule has 3 nitrogen and oxygen atoms in total. The maximum Gasteiger partial charge on any atom is 0.0224 e. The van der Waals surface area contributed by atoms with Gasteiger partial charge in [-0.05, 0) is 51.2 Å². The van der Waals surface area contributed by atoms with Gasteiger partial charge in [-0.2, -0.15) is 0 Å². The smallest absolute Gasteiger partial charge is 0.0224 e. The van der Waals surface area contributed by atoms with Crippen molar-refractivity contribution in [2.75, 3.05) is 32.7 Å². The summed E-state index contributed by atoms with van der Waals surface area (Å²) in [6.07, 6.45) is 7.01. The van der Waals surface area contributed by atoms with Crippen LogP contribution in [0.4, 0.5) is 0 Å².